The summed E-state index contributed by atoms with van der Waals surface area (Å²) >= 11 is 0. The Bertz CT molecular complexity index is 326. The van der Waals surface area contributed by atoms with Gasteiger partial charge in [0.05, 0.1) is 0 Å². The largest absolute Gasteiger partial charge is 0.360 e. The fourth-order valence-electron chi connectivity index (χ4n) is 0.617. The van der Waals surface area contributed by atoms with E-state index in [4.69, 9.17) is 5.73 Å². The second kappa shape index (κ2) is 5.89. The maximum absolute atomic E-state index is 10.3. The van der Waals surface area contributed by atoms with Gasteiger partial charge < -0.3 is 10.6 Å². The molecule has 0 rings (SSSR count). The van der Waals surface area contributed by atoms with Crippen molar-refractivity contribution < 1.29 is 20.0 Å². The molecule has 13 heteroatoms. The molecule has 0 spiro atoms. The third kappa shape index (κ3) is 5.10. The van der Waals surface area contributed by atoms with Gasteiger partial charge in [0, 0.05) is 0 Å². The Labute approximate surface area is 86.4 Å². The summed E-state index contributed by atoms with van der Waals surface area (Å²) in [6.45, 7) is -1.33. The average molecular weight is 238 g/mol. The zero-order valence-corrected chi connectivity index (χ0v) is 7.59. The van der Waals surface area contributed by atoms with E-state index in [-0.39, 0.29) is 5.01 Å². The summed E-state index contributed by atoms with van der Waals surface area (Å²) in [5.74, 6) is -1.01. The van der Waals surface area contributed by atoms with E-state index in [1.54, 1.807) is 0 Å². The number of hydrazine groups is 1. The van der Waals surface area contributed by atoms with Crippen molar-refractivity contribution in [1.29, 1.82) is 0 Å². The van der Waals surface area contributed by atoms with Gasteiger partial charge in [0.1, 0.15) is 18.3 Å². The molecule has 0 aromatic rings. The van der Waals surface area contributed by atoms with Gasteiger partial charge in [0.2, 0.25) is 0 Å². The predicted molar refractivity (Wildman–Crippen MR) is 45.3 cm³/mol. The van der Waals surface area contributed by atoms with Crippen LogP contribution in [0, 0.1) is 30.3 Å². The first-order valence-corrected chi connectivity index (χ1v) is 3.52. The number of rotatable bonds is 6. The molecule has 13 nitrogen and oxygen atoms in total. The summed E-state index contributed by atoms with van der Waals surface area (Å²) in [6, 6.07) is 0. The lowest BCUT2D eigenvalue weighted by Gasteiger charge is -2.09. The number of nitrogens with two attached hydrogens (primary N) is 1. The van der Waals surface area contributed by atoms with Crippen molar-refractivity contribution in [1.82, 2.24) is 5.01 Å². The van der Waals surface area contributed by atoms with Crippen molar-refractivity contribution in [3.8, 4) is 0 Å². The molecule has 0 aliphatic rings. The molecule has 16 heavy (non-hydrogen) atoms. The number of hydrazone groups is 1. The highest BCUT2D eigenvalue weighted by molar-refractivity contribution is 5.76. The Morgan fingerprint density at radius 3 is 2.25 bits per heavy atom. The molecule has 2 N–H and O–H groups in total. The summed E-state index contributed by atoms with van der Waals surface area (Å²) in [6.07, 6.45) is 0. The average Bonchev–Trinajstić information content (AvgIpc) is 2.09. The van der Waals surface area contributed by atoms with Crippen molar-refractivity contribution in [3.63, 3.8) is 0 Å². The van der Waals surface area contributed by atoms with Gasteiger partial charge >= 0.3 is 5.96 Å². The number of nitrogens with zero attached hydrogens (tertiary/aromatic N) is 5. The van der Waals surface area contributed by atoms with E-state index >= 15 is 0 Å². The van der Waals surface area contributed by atoms with E-state index in [0.717, 1.165) is 0 Å². The SMILES string of the molecule is NC(=N[N+](=O)[O-])N(CCO[N+](=O)[O-])[N+](=O)[O-]. The second-order valence-corrected chi connectivity index (χ2v) is 2.11. The highest BCUT2D eigenvalue weighted by atomic mass is 16.9. The van der Waals surface area contributed by atoms with Crippen molar-refractivity contribution in [2.24, 2.45) is 10.8 Å². The first-order chi connectivity index (χ1) is 7.34. The van der Waals surface area contributed by atoms with Gasteiger partial charge in [-0.15, -0.1) is 10.1 Å². The highest BCUT2D eigenvalue weighted by Crippen LogP contribution is 1.90. The van der Waals surface area contributed by atoms with E-state index in [2.05, 4.69) is 9.94 Å². The Hall–Kier alpha value is -2.73. The lowest BCUT2D eigenvalue weighted by atomic mass is 10.6. The van der Waals surface area contributed by atoms with Crippen LogP contribution in [-0.2, 0) is 4.84 Å². The maximum Gasteiger partial charge on any atom is 0.329 e. The van der Waals surface area contributed by atoms with Crippen molar-refractivity contribution >= 4 is 5.96 Å². The molecule has 0 saturated heterocycles. The molecule has 0 atom stereocenters. The molecule has 0 fully saturated rings. The van der Waals surface area contributed by atoms with Crippen LogP contribution in [0.15, 0.2) is 5.10 Å². The van der Waals surface area contributed by atoms with Gasteiger partial charge in [-0.3, -0.25) is 0 Å². The van der Waals surface area contributed by atoms with Gasteiger partial charge in [0.15, 0.2) is 10.1 Å². The van der Waals surface area contributed by atoms with E-state index in [1.807, 2.05) is 0 Å². The predicted octanol–water partition coefficient (Wildman–Crippen LogP) is -1.81. The maximum atomic E-state index is 10.3. The van der Waals surface area contributed by atoms with Gasteiger partial charge in [-0.05, 0) is 0 Å². The van der Waals surface area contributed by atoms with Crippen molar-refractivity contribution in [2.75, 3.05) is 13.2 Å². The molecular weight excluding hydrogens is 232 g/mol. The zero-order chi connectivity index (χ0) is 12.7. The lowest BCUT2D eigenvalue weighted by Crippen LogP contribution is -2.44. The van der Waals surface area contributed by atoms with E-state index in [0.29, 0.717) is 0 Å². The monoisotopic (exact) mass is 238 g/mol. The van der Waals surface area contributed by atoms with E-state index in [1.165, 1.54) is 0 Å². The number of guanidine groups is 1. The van der Waals surface area contributed by atoms with Crippen LogP contribution in [0.1, 0.15) is 0 Å². The van der Waals surface area contributed by atoms with Crippen molar-refractivity contribution in [2.45, 2.75) is 0 Å². The molecule has 0 unspecified atom stereocenters. The summed E-state index contributed by atoms with van der Waals surface area (Å²) < 4.78 is 0. The molecule has 0 radical (unpaired) electrons. The summed E-state index contributed by atoms with van der Waals surface area (Å²) in [5, 5.41) is 28.9. The van der Waals surface area contributed by atoms with Gasteiger partial charge in [-0.2, -0.15) is 0 Å². The van der Waals surface area contributed by atoms with Crippen LogP contribution >= 0.6 is 0 Å². The number of nitro groups is 2. The molecule has 0 aliphatic carbocycles. The van der Waals surface area contributed by atoms with Crippen LogP contribution in [0.2, 0.25) is 0 Å². The third-order valence-corrected chi connectivity index (χ3v) is 1.15. The first kappa shape index (κ1) is 13.3. The quantitative estimate of drug-likeness (QED) is 0.241. The topological polar surface area (TPSA) is 180 Å². The van der Waals surface area contributed by atoms with E-state index in [9.17, 15) is 30.3 Å². The minimum Gasteiger partial charge on any atom is -0.360 e. The van der Waals surface area contributed by atoms with Crippen LogP contribution in [0.3, 0.4) is 0 Å². The van der Waals surface area contributed by atoms with Gasteiger partial charge in [-0.25, -0.2) is 20.2 Å². The molecule has 0 aromatic carbocycles. The van der Waals surface area contributed by atoms with E-state index < -0.39 is 34.3 Å². The molecule has 0 heterocycles. The molecule has 90 valence electrons. The lowest BCUT2D eigenvalue weighted by molar-refractivity contribution is -0.760. The van der Waals surface area contributed by atoms with Gasteiger partial charge in [0.25, 0.3) is 5.09 Å². The van der Waals surface area contributed by atoms with Crippen LogP contribution in [0.4, 0.5) is 0 Å². The zero-order valence-electron chi connectivity index (χ0n) is 7.59. The molecule has 0 saturated carbocycles. The number of hydrogen-bond donors (Lipinski definition) is 1. The second-order valence-electron chi connectivity index (χ2n) is 2.11. The first-order valence-electron chi connectivity index (χ1n) is 3.52. The molecule has 0 bridgehead atoms. The van der Waals surface area contributed by atoms with Crippen LogP contribution in [0.25, 0.3) is 0 Å². The standard InChI is InChI=1S/C3H6N6O7/c4-3(5-7(10)11)6(8(12)13)1-2-16-9(14)15/h1-2H2,(H2,4,5). The Kier molecular flexibility index (Phi) is 4.88. The van der Waals surface area contributed by atoms with Crippen LogP contribution in [0.5, 0.6) is 0 Å². The van der Waals surface area contributed by atoms with Crippen molar-refractivity contribution in [3.05, 3.63) is 30.3 Å². The summed E-state index contributed by atoms with van der Waals surface area (Å²) in [7, 11) is 0. The molecule has 0 amide bonds. The molecular formula is C3H6N6O7. The summed E-state index contributed by atoms with van der Waals surface area (Å²) in [5.41, 5.74) is 4.90. The highest BCUT2D eigenvalue weighted by Gasteiger charge is 2.22. The Morgan fingerprint density at radius 1 is 1.31 bits per heavy atom. The fourth-order valence-corrected chi connectivity index (χ4v) is 0.617. The third-order valence-electron chi connectivity index (χ3n) is 1.15. The number of hydrogen-bond acceptors (Lipinski definition) is 7. The molecule has 0 aliphatic heterocycles. The Morgan fingerprint density at radius 2 is 1.88 bits per heavy atom. The summed E-state index contributed by atoms with van der Waals surface area (Å²) in [4.78, 5) is 33.7. The fraction of sp³-hybridized carbons (Fsp3) is 0.667. The molecule has 0 aromatic heterocycles. The minimum absolute atomic E-state index is 0.0479. The van der Waals surface area contributed by atoms with Crippen LogP contribution < -0.4 is 5.73 Å². The van der Waals surface area contributed by atoms with Gasteiger partial charge in [-0.1, -0.05) is 5.01 Å². The minimum atomic E-state index is -1.24. The smallest absolute Gasteiger partial charge is 0.329 e. The normalized spacial score (nSPS) is 10.6. The van der Waals surface area contributed by atoms with Crippen LogP contribution in [-0.4, -0.2) is 39.3 Å². The Balaban J connectivity index is 4.44.